The first-order chi connectivity index (χ1) is 7.56. The molecule has 16 heavy (non-hydrogen) atoms. The number of carbonyl (C=O) groups is 1. The molecule has 0 saturated carbocycles. The molecule has 0 fully saturated rings. The van der Waals surface area contributed by atoms with Crippen LogP contribution in [0.2, 0.25) is 0 Å². The van der Waals surface area contributed by atoms with Gasteiger partial charge in [0, 0.05) is 12.3 Å². The molecule has 1 aliphatic rings. The molecule has 1 atom stereocenters. The first-order valence-electron chi connectivity index (χ1n) is 6.18. The quantitative estimate of drug-likeness (QED) is 0.734. The van der Waals surface area contributed by atoms with Crippen LogP contribution >= 0.6 is 0 Å². The third-order valence-electron chi connectivity index (χ3n) is 3.86. The van der Waals surface area contributed by atoms with Crippen LogP contribution in [0, 0.1) is 0 Å². The van der Waals surface area contributed by atoms with Crippen LogP contribution in [0.1, 0.15) is 57.1 Å². The Labute approximate surface area is 97.9 Å². The van der Waals surface area contributed by atoms with E-state index < -0.39 is 0 Å². The monoisotopic (exact) mass is 216 g/mol. The van der Waals surface area contributed by atoms with Crippen molar-refractivity contribution in [2.45, 2.75) is 51.4 Å². The Kier molecular flexibility index (Phi) is 2.88. The molecule has 0 heterocycles. The number of hydrogen-bond donors (Lipinski definition) is 0. The zero-order chi connectivity index (χ0) is 11.8. The Morgan fingerprint density at radius 1 is 1.38 bits per heavy atom. The zero-order valence-corrected chi connectivity index (χ0v) is 10.4. The van der Waals surface area contributed by atoms with Crippen molar-refractivity contribution in [1.29, 1.82) is 0 Å². The van der Waals surface area contributed by atoms with Crippen LogP contribution in [-0.4, -0.2) is 5.78 Å². The van der Waals surface area contributed by atoms with E-state index in [1.165, 1.54) is 11.1 Å². The van der Waals surface area contributed by atoms with Gasteiger partial charge in [-0.2, -0.15) is 0 Å². The van der Waals surface area contributed by atoms with Crippen molar-refractivity contribution in [2.24, 2.45) is 0 Å². The number of rotatable bonds is 2. The van der Waals surface area contributed by atoms with Gasteiger partial charge in [-0.25, -0.2) is 0 Å². The first kappa shape index (κ1) is 11.4. The van der Waals surface area contributed by atoms with Gasteiger partial charge in [0.1, 0.15) is 5.78 Å². The largest absolute Gasteiger partial charge is 0.299 e. The third-order valence-corrected chi connectivity index (χ3v) is 3.86. The van der Waals surface area contributed by atoms with E-state index in [1.807, 2.05) is 6.92 Å². The van der Waals surface area contributed by atoms with Gasteiger partial charge in [0.2, 0.25) is 0 Å². The Morgan fingerprint density at radius 3 is 2.75 bits per heavy atom. The highest BCUT2D eigenvalue weighted by molar-refractivity contribution is 5.86. The van der Waals surface area contributed by atoms with E-state index in [9.17, 15) is 4.79 Å². The fraction of sp³-hybridized carbons (Fsp3) is 0.533. The van der Waals surface area contributed by atoms with Gasteiger partial charge >= 0.3 is 0 Å². The van der Waals surface area contributed by atoms with E-state index in [1.54, 1.807) is 0 Å². The smallest absolute Gasteiger partial charge is 0.140 e. The number of Topliss-reactive ketones (excluding diaryl/α,β-unsaturated/α-hetero) is 1. The standard InChI is InChI=1S/C15H20O/c1-4-14(16)12-9-10-15(2,3)13-8-6-5-7-11(12)13/h5-8,12H,4,9-10H2,1-3H3. The molecule has 0 bridgehead atoms. The molecule has 86 valence electrons. The van der Waals surface area contributed by atoms with Crippen LogP contribution in [0.25, 0.3) is 0 Å². The van der Waals surface area contributed by atoms with Gasteiger partial charge < -0.3 is 0 Å². The highest BCUT2D eigenvalue weighted by atomic mass is 16.1. The molecule has 1 nitrogen and oxygen atoms in total. The fourth-order valence-corrected chi connectivity index (χ4v) is 2.79. The van der Waals surface area contributed by atoms with E-state index in [0.717, 1.165) is 12.8 Å². The molecular formula is C15H20O. The molecule has 0 aliphatic heterocycles. The van der Waals surface area contributed by atoms with Crippen molar-refractivity contribution >= 4 is 5.78 Å². The van der Waals surface area contributed by atoms with Crippen LogP contribution in [0.5, 0.6) is 0 Å². The first-order valence-corrected chi connectivity index (χ1v) is 6.18. The predicted octanol–water partition coefficient (Wildman–Crippen LogP) is 3.82. The van der Waals surface area contributed by atoms with E-state index in [-0.39, 0.29) is 11.3 Å². The van der Waals surface area contributed by atoms with Crippen LogP contribution in [0.4, 0.5) is 0 Å². The Morgan fingerprint density at radius 2 is 2.06 bits per heavy atom. The summed E-state index contributed by atoms with van der Waals surface area (Å²) in [4.78, 5) is 11.9. The Hall–Kier alpha value is -1.11. The zero-order valence-electron chi connectivity index (χ0n) is 10.4. The molecular weight excluding hydrogens is 196 g/mol. The van der Waals surface area contributed by atoms with Crippen LogP contribution in [0.3, 0.4) is 0 Å². The minimum atomic E-state index is 0.147. The van der Waals surface area contributed by atoms with Gasteiger partial charge in [-0.3, -0.25) is 4.79 Å². The van der Waals surface area contributed by atoms with Crippen LogP contribution in [-0.2, 0) is 10.2 Å². The molecule has 1 aromatic carbocycles. The van der Waals surface area contributed by atoms with Gasteiger partial charge in [-0.05, 0) is 29.4 Å². The minimum Gasteiger partial charge on any atom is -0.299 e. The van der Waals surface area contributed by atoms with Gasteiger partial charge in [0.15, 0.2) is 0 Å². The highest BCUT2D eigenvalue weighted by Gasteiger charge is 2.34. The van der Waals surface area contributed by atoms with Crippen molar-refractivity contribution in [3.63, 3.8) is 0 Å². The Balaban J connectivity index is 2.47. The summed E-state index contributed by atoms with van der Waals surface area (Å²) in [6, 6.07) is 8.45. The van der Waals surface area contributed by atoms with Crippen molar-refractivity contribution < 1.29 is 4.79 Å². The molecule has 1 heteroatoms. The molecule has 1 unspecified atom stereocenters. The van der Waals surface area contributed by atoms with Crippen molar-refractivity contribution in [3.8, 4) is 0 Å². The molecule has 0 N–H and O–H groups in total. The number of ketones is 1. The summed E-state index contributed by atoms with van der Waals surface area (Å²) in [6.45, 7) is 6.52. The molecule has 0 aromatic heterocycles. The second kappa shape index (κ2) is 4.04. The molecule has 1 aliphatic carbocycles. The van der Waals surface area contributed by atoms with Crippen molar-refractivity contribution in [3.05, 3.63) is 35.4 Å². The van der Waals surface area contributed by atoms with Gasteiger partial charge in [0.25, 0.3) is 0 Å². The lowest BCUT2D eigenvalue weighted by Gasteiger charge is -2.36. The maximum absolute atomic E-state index is 11.9. The summed E-state index contributed by atoms with van der Waals surface area (Å²) < 4.78 is 0. The maximum Gasteiger partial charge on any atom is 0.140 e. The van der Waals surface area contributed by atoms with Crippen molar-refractivity contribution in [1.82, 2.24) is 0 Å². The lowest BCUT2D eigenvalue weighted by Crippen LogP contribution is -2.29. The second-order valence-electron chi connectivity index (χ2n) is 5.38. The number of carbonyl (C=O) groups excluding carboxylic acids is 1. The summed E-state index contributed by atoms with van der Waals surface area (Å²) >= 11 is 0. The summed E-state index contributed by atoms with van der Waals surface area (Å²) in [5, 5.41) is 0. The maximum atomic E-state index is 11.9. The number of hydrogen-bond acceptors (Lipinski definition) is 1. The van der Waals surface area contributed by atoms with Gasteiger partial charge in [-0.15, -0.1) is 0 Å². The van der Waals surface area contributed by atoms with Crippen molar-refractivity contribution in [2.75, 3.05) is 0 Å². The molecule has 2 rings (SSSR count). The van der Waals surface area contributed by atoms with E-state index in [2.05, 4.69) is 38.1 Å². The van der Waals surface area contributed by atoms with Crippen LogP contribution < -0.4 is 0 Å². The highest BCUT2D eigenvalue weighted by Crippen LogP contribution is 2.42. The lowest BCUT2D eigenvalue weighted by molar-refractivity contribution is -0.120. The Bertz CT molecular complexity index is 404. The SMILES string of the molecule is CCC(=O)C1CCC(C)(C)c2ccccc21. The van der Waals surface area contributed by atoms with Gasteiger partial charge in [-0.1, -0.05) is 45.0 Å². The second-order valence-corrected chi connectivity index (χ2v) is 5.38. The topological polar surface area (TPSA) is 17.1 Å². The average Bonchev–Trinajstić information content (AvgIpc) is 2.28. The molecule has 0 amide bonds. The molecule has 0 radical (unpaired) electrons. The van der Waals surface area contributed by atoms with E-state index >= 15 is 0 Å². The fourth-order valence-electron chi connectivity index (χ4n) is 2.79. The minimum absolute atomic E-state index is 0.147. The molecule has 0 spiro atoms. The van der Waals surface area contributed by atoms with Gasteiger partial charge in [0.05, 0.1) is 0 Å². The normalized spacial score (nSPS) is 22.6. The summed E-state index contributed by atoms with van der Waals surface area (Å²) in [6.07, 6.45) is 2.77. The molecule has 1 aromatic rings. The van der Waals surface area contributed by atoms with E-state index in [0.29, 0.717) is 12.2 Å². The lowest BCUT2D eigenvalue weighted by atomic mass is 9.67. The van der Waals surface area contributed by atoms with Crippen LogP contribution in [0.15, 0.2) is 24.3 Å². The third kappa shape index (κ3) is 1.79. The molecule has 0 saturated heterocycles. The average molecular weight is 216 g/mol. The summed E-state index contributed by atoms with van der Waals surface area (Å²) in [7, 11) is 0. The predicted molar refractivity (Wildman–Crippen MR) is 66.7 cm³/mol. The summed E-state index contributed by atoms with van der Waals surface area (Å²) in [5.41, 5.74) is 2.86. The number of benzene rings is 1. The summed E-state index contributed by atoms with van der Waals surface area (Å²) in [5.74, 6) is 0.539. The number of fused-ring (bicyclic) bond motifs is 1. The van der Waals surface area contributed by atoms with E-state index in [4.69, 9.17) is 0 Å².